The lowest BCUT2D eigenvalue weighted by Crippen LogP contribution is -2.06. The van der Waals surface area contributed by atoms with Gasteiger partial charge in [-0.05, 0) is 43.5 Å². The Morgan fingerprint density at radius 2 is 1.95 bits per heavy atom. The SMILES string of the molecule is CCOc1ccc(Br)cc1C(=O)c1ccccc1SC. The van der Waals surface area contributed by atoms with E-state index in [0.717, 1.165) is 9.37 Å². The first-order valence-corrected chi connectivity index (χ1v) is 8.29. The fourth-order valence-electron chi connectivity index (χ4n) is 1.94. The van der Waals surface area contributed by atoms with E-state index < -0.39 is 0 Å². The van der Waals surface area contributed by atoms with Crippen molar-refractivity contribution in [3.8, 4) is 5.75 Å². The molecule has 0 atom stereocenters. The third-order valence-electron chi connectivity index (χ3n) is 2.84. The Hall–Kier alpha value is -1.26. The molecule has 0 aliphatic rings. The fourth-order valence-corrected chi connectivity index (χ4v) is 2.89. The van der Waals surface area contributed by atoms with E-state index in [4.69, 9.17) is 4.74 Å². The van der Waals surface area contributed by atoms with Crippen LogP contribution in [0.1, 0.15) is 22.8 Å². The molecule has 0 heterocycles. The molecule has 0 N–H and O–H groups in total. The van der Waals surface area contributed by atoms with E-state index in [2.05, 4.69) is 15.9 Å². The number of carbonyl (C=O) groups is 1. The fraction of sp³-hybridized carbons (Fsp3) is 0.188. The van der Waals surface area contributed by atoms with Gasteiger partial charge in [-0.25, -0.2) is 0 Å². The molecule has 0 aromatic heterocycles. The molecule has 0 amide bonds. The number of halogens is 1. The molecule has 2 nitrogen and oxygen atoms in total. The van der Waals surface area contributed by atoms with Gasteiger partial charge in [0, 0.05) is 14.9 Å². The summed E-state index contributed by atoms with van der Waals surface area (Å²) in [4.78, 5) is 13.7. The molecule has 0 spiro atoms. The molecule has 0 fully saturated rings. The minimum absolute atomic E-state index is 0.0142. The lowest BCUT2D eigenvalue weighted by Gasteiger charge is -2.11. The highest BCUT2D eigenvalue weighted by atomic mass is 79.9. The highest BCUT2D eigenvalue weighted by molar-refractivity contribution is 9.10. The standard InChI is InChI=1S/C16H15BrO2S/c1-3-19-14-9-8-11(17)10-13(14)16(18)12-6-4-5-7-15(12)20-2/h4-10H,3H2,1-2H3. The van der Waals surface area contributed by atoms with Crippen LogP contribution in [0, 0.1) is 0 Å². The van der Waals surface area contributed by atoms with Crippen molar-refractivity contribution in [2.24, 2.45) is 0 Å². The summed E-state index contributed by atoms with van der Waals surface area (Å²) in [6, 6.07) is 13.1. The molecule has 0 saturated carbocycles. The van der Waals surface area contributed by atoms with E-state index in [-0.39, 0.29) is 5.78 Å². The van der Waals surface area contributed by atoms with Crippen molar-refractivity contribution in [1.82, 2.24) is 0 Å². The van der Waals surface area contributed by atoms with Gasteiger partial charge >= 0.3 is 0 Å². The Balaban J connectivity index is 2.49. The first kappa shape index (κ1) is 15.1. The third-order valence-corrected chi connectivity index (χ3v) is 4.13. The van der Waals surface area contributed by atoms with Gasteiger partial charge in [0.05, 0.1) is 12.2 Å². The van der Waals surface area contributed by atoms with Crippen LogP contribution in [0.15, 0.2) is 51.8 Å². The average Bonchev–Trinajstić information content (AvgIpc) is 2.48. The normalized spacial score (nSPS) is 10.3. The van der Waals surface area contributed by atoms with Crippen molar-refractivity contribution in [1.29, 1.82) is 0 Å². The summed E-state index contributed by atoms with van der Waals surface area (Å²) in [6.07, 6.45) is 1.97. The number of hydrogen-bond acceptors (Lipinski definition) is 3. The first-order valence-electron chi connectivity index (χ1n) is 6.27. The molecule has 4 heteroatoms. The van der Waals surface area contributed by atoms with Gasteiger partial charge in [-0.3, -0.25) is 4.79 Å². The molecule has 2 rings (SSSR count). The van der Waals surface area contributed by atoms with Gasteiger partial charge in [0.1, 0.15) is 5.75 Å². The molecule has 2 aromatic rings. The van der Waals surface area contributed by atoms with Gasteiger partial charge in [-0.1, -0.05) is 28.1 Å². The van der Waals surface area contributed by atoms with Crippen LogP contribution in [0.3, 0.4) is 0 Å². The van der Waals surface area contributed by atoms with Crippen LogP contribution in [0.25, 0.3) is 0 Å². The van der Waals surface area contributed by atoms with Gasteiger partial charge in [-0.2, -0.15) is 0 Å². The van der Waals surface area contributed by atoms with Gasteiger partial charge in [0.2, 0.25) is 0 Å². The lowest BCUT2D eigenvalue weighted by molar-refractivity contribution is 0.103. The van der Waals surface area contributed by atoms with E-state index in [1.165, 1.54) is 0 Å². The van der Waals surface area contributed by atoms with Crippen molar-refractivity contribution >= 4 is 33.5 Å². The Bertz CT molecular complexity index is 626. The number of ether oxygens (including phenoxy) is 1. The minimum Gasteiger partial charge on any atom is -0.493 e. The molecule has 2 aromatic carbocycles. The Morgan fingerprint density at radius 1 is 1.20 bits per heavy atom. The number of carbonyl (C=O) groups excluding carboxylic acids is 1. The molecular formula is C16H15BrO2S. The lowest BCUT2D eigenvalue weighted by atomic mass is 10.0. The Kier molecular flexibility index (Phi) is 5.26. The minimum atomic E-state index is -0.0142. The van der Waals surface area contributed by atoms with Gasteiger partial charge in [0.15, 0.2) is 5.78 Å². The Morgan fingerprint density at radius 3 is 2.65 bits per heavy atom. The number of benzene rings is 2. The summed E-state index contributed by atoms with van der Waals surface area (Å²) in [5.74, 6) is 0.608. The van der Waals surface area contributed by atoms with E-state index >= 15 is 0 Å². The van der Waals surface area contributed by atoms with E-state index in [9.17, 15) is 4.79 Å². The van der Waals surface area contributed by atoms with Crippen LogP contribution in [0.2, 0.25) is 0 Å². The van der Waals surface area contributed by atoms with Crippen molar-refractivity contribution in [2.45, 2.75) is 11.8 Å². The van der Waals surface area contributed by atoms with Crippen LogP contribution in [-0.4, -0.2) is 18.6 Å². The van der Waals surface area contributed by atoms with E-state index in [1.807, 2.05) is 55.6 Å². The summed E-state index contributed by atoms with van der Waals surface area (Å²) < 4.78 is 6.43. The highest BCUT2D eigenvalue weighted by Crippen LogP contribution is 2.29. The van der Waals surface area contributed by atoms with Gasteiger partial charge in [-0.15, -0.1) is 11.8 Å². The maximum absolute atomic E-state index is 12.8. The molecule has 0 radical (unpaired) electrons. The monoisotopic (exact) mass is 350 g/mol. The molecular weight excluding hydrogens is 336 g/mol. The number of thioether (sulfide) groups is 1. The van der Waals surface area contributed by atoms with Crippen LogP contribution in [-0.2, 0) is 0 Å². The molecule has 104 valence electrons. The summed E-state index contributed by atoms with van der Waals surface area (Å²) in [6.45, 7) is 2.44. The predicted octanol–water partition coefficient (Wildman–Crippen LogP) is 4.80. The van der Waals surface area contributed by atoms with Gasteiger partial charge < -0.3 is 4.74 Å². The zero-order chi connectivity index (χ0) is 14.5. The summed E-state index contributed by atoms with van der Waals surface area (Å²) in [5.41, 5.74) is 1.29. The zero-order valence-electron chi connectivity index (χ0n) is 11.4. The average molecular weight is 351 g/mol. The largest absolute Gasteiger partial charge is 0.493 e. The van der Waals surface area contributed by atoms with Crippen LogP contribution < -0.4 is 4.74 Å². The molecule has 0 saturated heterocycles. The summed E-state index contributed by atoms with van der Waals surface area (Å²) >= 11 is 4.98. The van der Waals surface area contributed by atoms with Crippen molar-refractivity contribution < 1.29 is 9.53 Å². The third kappa shape index (κ3) is 3.25. The first-order chi connectivity index (χ1) is 9.67. The van der Waals surface area contributed by atoms with Crippen molar-refractivity contribution in [3.05, 3.63) is 58.1 Å². The molecule has 0 aliphatic heterocycles. The van der Waals surface area contributed by atoms with Gasteiger partial charge in [0.25, 0.3) is 0 Å². The Labute approximate surface area is 131 Å². The summed E-state index contributed by atoms with van der Waals surface area (Å²) in [5, 5.41) is 0. The highest BCUT2D eigenvalue weighted by Gasteiger charge is 2.17. The predicted molar refractivity (Wildman–Crippen MR) is 87.0 cm³/mol. The van der Waals surface area contributed by atoms with E-state index in [1.54, 1.807) is 11.8 Å². The number of rotatable bonds is 5. The maximum atomic E-state index is 12.8. The second kappa shape index (κ2) is 6.95. The van der Waals surface area contributed by atoms with Crippen LogP contribution in [0.4, 0.5) is 0 Å². The van der Waals surface area contributed by atoms with Crippen molar-refractivity contribution in [2.75, 3.05) is 12.9 Å². The topological polar surface area (TPSA) is 26.3 Å². The quantitative estimate of drug-likeness (QED) is 0.572. The molecule has 0 bridgehead atoms. The van der Waals surface area contributed by atoms with Crippen LogP contribution >= 0.6 is 27.7 Å². The smallest absolute Gasteiger partial charge is 0.197 e. The maximum Gasteiger partial charge on any atom is 0.197 e. The summed E-state index contributed by atoms with van der Waals surface area (Å²) in [7, 11) is 0. The van der Waals surface area contributed by atoms with E-state index in [0.29, 0.717) is 23.5 Å². The molecule has 0 aliphatic carbocycles. The molecule has 0 unspecified atom stereocenters. The zero-order valence-corrected chi connectivity index (χ0v) is 13.8. The number of hydrogen-bond donors (Lipinski definition) is 0. The second-order valence-corrected chi connectivity index (χ2v) is 5.87. The molecule has 20 heavy (non-hydrogen) atoms. The second-order valence-electron chi connectivity index (χ2n) is 4.10. The van der Waals surface area contributed by atoms with Crippen LogP contribution in [0.5, 0.6) is 5.75 Å². The number of ketones is 1. The van der Waals surface area contributed by atoms with Crippen molar-refractivity contribution in [3.63, 3.8) is 0 Å².